The number of unbranched alkanes of at least 4 members (excludes halogenated alkanes) is 2. The molecule has 0 spiro atoms. The zero-order valence-electron chi connectivity index (χ0n) is 42.9. The van der Waals surface area contributed by atoms with Crippen LogP contribution in [0, 0.1) is 0 Å². The number of hydrogen-bond donors (Lipinski definition) is 0. The third-order valence-electron chi connectivity index (χ3n) is 9.77. The molecule has 70 heavy (non-hydrogen) atoms. The largest absolute Gasteiger partial charge is 0.495 e. The van der Waals surface area contributed by atoms with E-state index in [1.54, 1.807) is 113 Å². The third kappa shape index (κ3) is 25.4. The summed E-state index contributed by atoms with van der Waals surface area (Å²) in [4.78, 5) is 24.5. The van der Waals surface area contributed by atoms with E-state index < -0.39 is 0 Å². The Bertz CT molecular complexity index is 1940. The highest BCUT2D eigenvalue weighted by Crippen LogP contribution is 2.25. The summed E-state index contributed by atoms with van der Waals surface area (Å²) in [7, 11) is 15.0. The predicted molar refractivity (Wildman–Crippen MR) is 270 cm³/mol. The summed E-state index contributed by atoms with van der Waals surface area (Å²) < 4.78 is 58.3. The highest BCUT2D eigenvalue weighted by Gasteiger charge is 2.06. The van der Waals surface area contributed by atoms with E-state index in [4.69, 9.17) is 52.1 Å². The third-order valence-corrected chi connectivity index (χ3v) is 9.77. The van der Waals surface area contributed by atoms with Gasteiger partial charge in [-0.3, -0.25) is 14.4 Å². The first-order chi connectivity index (χ1) is 34.4. The summed E-state index contributed by atoms with van der Waals surface area (Å²) in [5, 5.41) is 0. The summed E-state index contributed by atoms with van der Waals surface area (Å²) in [5.74, 6) is 4.95. The minimum absolute atomic E-state index is 0.518. The molecule has 6 rings (SSSR count). The Labute approximate surface area is 415 Å². The van der Waals surface area contributed by atoms with E-state index >= 15 is 0 Å². The summed E-state index contributed by atoms with van der Waals surface area (Å²) in [6.45, 7) is 5.06. The van der Waals surface area contributed by atoms with Gasteiger partial charge in [0.2, 0.25) is 11.7 Å². The van der Waals surface area contributed by atoms with Crippen molar-refractivity contribution in [3.05, 3.63) is 115 Å². The van der Waals surface area contributed by atoms with E-state index in [0.717, 1.165) is 107 Å². The van der Waals surface area contributed by atoms with Crippen LogP contribution in [0.5, 0.6) is 34.8 Å². The molecule has 0 aliphatic rings. The molecule has 6 aromatic rings. The second-order valence-electron chi connectivity index (χ2n) is 14.8. The average molecular weight is 976 g/mol. The van der Waals surface area contributed by atoms with Gasteiger partial charge in [0.05, 0.1) is 60.2 Å². The van der Waals surface area contributed by atoms with Gasteiger partial charge in [0.15, 0.2) is 17.2 Å². The molecule has 0 N–H and O–H groups in total. The van der Waals surface area contributed by atoms with Crippen LogP contribution < -0.4 is 28.4 Å². The van der Waals surface area contributed by atoms with Crippen LogP contribution in [0.1, 0.15) is 61.8 Å². The Morgan fingerprint density at radius 3 is 1.56 bits per heavy atom. The van der Waals surface area contributed by atoms with Crippen LogP contribution >= 0.6 is 0 Å². The fraction of sp³-hybridized carbons (Fsp3) is 0.500. The van der Waals surface area contributed by atoms with E-state index in [1.807, 2.05) is 47.1 Å². The molecular weight excluding hydrogens is 899 g/mol. The number of nitrogens with zero attached hydrogens (tertiary/aromatic N) is 7. The molecule has 0 aliphatic carbocycles. The monoisotopic (exact) mass is 976 g/mol. The van der Waals surface area contributed by atoms with Crippen molar-refractivity contribution in [3.63, 3.8) is 0 Å². The van der Waals surface area contributed by atoms with Crippen LogP contribution in [-0.2, 0) is 42.9 Å². The molecule has 6 heterocycles. The van der Waals surface area contributed by atoms with Crippen molar-refractivity contribution in [1.29, 1.82) is 0 Å². The molecule has 0 saturated carbocycles. The fourth-order valence-corrected chi connectivity index (χ4v) is 6.23. The molecule has 0 aromatic carbocycles. The average Bonchev–Trinajstić information content (AvgIpc) is 3.83. The highest BCUT2D eigenvalue weighted by atomic mass is 16.5. The number of pyridine rings is 4. The quantitative estimate of drug-likeness (QED) is 0.0427. The van der Waals surface area contributed by atoms with Gasteiger partial charge >= 0.3 is 0 Å². The predicted octanol–water partition coefficient (Wildman–Crippen LogP) is 8.44. The summed E-state index contributed by atoms with van der Waals surface area (Å²) in [6.07, 6.45) is 26.0. The Morgan fingerprint density at radius 1 is 0.386 bits per heavy atom. The van der Waals surface area contributed by atoms with Gasteiger partial charge in [-0.1, -0.05) is 6.07 Å². The van der Waals surface area contributed by atoms with Gasteiger partial charge in [-0.05, 0) is 87.3 Å². The van der Waals surface area contributed by atoms with Gasteiger partial charge in [-0.2, -0.15) is 0 Å². The van der Waals surface area contributed by atoms with Crippen molar-refractivity contribution in [2.45, 2.75) is 64.2 Å². The van der Waals surface area contributed by atoms with Crippen LogP contribution in [0.4, 0.5) is 0 Å². The van der Waals surface area contributed by atoms with E-state index in [1.165, 1.54) is 16.8 Å². The van der Waals surface area contributed by atoms with E-state index in [0.29, 0.717) is 43.8 Å². The molecule has 6 aromatic heterocycles. The van der Waals surface area contributed by atoms with Crippen molar-refractivity contribution < 1.29 is 52.1 Å². The SMILES string of the molecule is COCCCCc1cccnc1OC.COCCCCc1ccncc1OC.COCCCOc1cccnc1OC.COCCCOc1ccncc1OC.COCCCc1cnc2ncccn12. The molecule has 0 bridgehead atoms. The Kier molecular flexibility index (Phi) is 34.8. The molecule has 386 valence electrons. The van der Waals surface area contributed by atoms with E-state index in [-0.39, 0.29) is 0 Å². The first-order valence-electron chi connectivity index (χ1n) is 23.3. The van der Waals surface area contributed by atoms with Crippen LogP contribution in [0.2, 0.25) is 0 Å². The van der Waals surface area contributed by atoms with Gasteiger partial charge in [0.1, 0.15) is 5.75 Å². The topological polar surface area (TPSA) is 183 Å². The molecule has 0 atom stereocenters. The maximum Gasteiger partial charge on any atom is 0.256 e. The summed E-state index contributed by atoms with van der Waals surface area (Å²) in [6, 6.07) is 13.3. The van der Waals surface area contributed by atoms with Gasteiger partial charge in [0, 0.05) is 136 Å². The fourth-order valence-electron chi connectivity index (χ4n) is 6.23. The van der Waals surface area contributed by atoms with Crippen LogP contribution in [-0.4, -0.2) is 145 Å². The number of imidazole rings is 1. The van der Waals surface area contributed by atoms with Crippen molar-refractivity contribution in [3.8, 4) is 34.8 Å². The number of methoxy groups -OCH3 is 9. The standard InChI is InChI=1S/2C11H17NO2.C10H13N3O.2C10H15NO3/c1-13-9-4-3-6-10-7-5-8-12-11(10)14-2;1-13-8-4-3-5-10-6-7-12-9-11(10)14-2;1-14-7-2-4-9-8-12-10-11-5-3-6-13(9)10;1-12-6-3-7-14-9-4-5-11-8-10(9)13-2;1-12-7-4-8-14-9-5-3-6-11-10(9)13-2/h5,7-8H,3-4,6,9H2,1-2H3;6-7,9H,3-5,8H2,1-2H3;3,5-6,8H,2,4,7H2,1H3;4-5,8H,3,6-7H2,1-2H3;3,5-6H,4,7-8H2,1-2H3. The lowest BCUT2D eigenvalue weighted by atomic mass is 10.1. The molecule has 0 unspecified atom stereocenters. The van der Waals surface area contributed by atoms with Crippen LogP contribution in [0.3, 0.4) is 0 Å². The van der Waals surface area contributed by atoms with Crippen molar-refractivity contribution >= 4 is 5.78 Å². The number of hydrogen-bond acceptors (Lipinski definition) is 17. The molecule has 0 aliphatic heterocycles. The maximum atomic E-state index is 5.49. The lowest BCUT2D eigenvalue weighted by Gasteiger charge is -2.08. The van der Waals surface area contributed by atoms with Gasteiger partial charge in [-0.25, -0.2) is 19.9 Å². The first-order valence-corrected chi connectivity index (χ1v) is 23.3. The summed E-state index contributed by atoms with van der Waals surface area (Å²) in [5.41, 5.74) is 3.58. The lowest BCUT2D eigenvalue weighted by molar-refractivity contribution is 0.170. The first kappa shape index (κ1) is 59.9. The minimum Gasteiger partial charge on any atom is -0.495 e. The molecule has 0 fully saturated rings. The van der Waals surface area contributed by atoms with E-state index in [9.17, 15) is 0 Å². The normalized spacial score (nSPS) is 10.2. The zero-order valence-corrected chi connectivity index (χ0v) is 42.9. The molecule has 0 amide bonds. The van der Waals surface area contributed by atoms with Crippen molar-refractivity contribution in [2.24, 2.45) is 0 Å². The highest BCUT2D eigenvalue weighted by molar-refractivity contribution is 5.36. The molecule has 18 nitrogen and oxygen atoms in total. The number of ether oxygens (including phenoxy) is 11. The Morgan fingerprint density at radius 2 is 0.929 bits per heavy atom. The molecule has 0 saturated heterocycles. The number of aryl methyl sites for hydroxylation is 3. The Balaban J connectivity index is 0.000000300. The van der Waals surface area contributed by atoms with Crippen molar-refractivity contribution in [1.82, 2.24) is 34.3 Å². The molecule has 0 radical (unpaired) electrons. The second kappa shape index (κ2) is 40.7. The van der Waals surface area contributed by atoms with Gasteiger partial charge < -0.3 is 52.1 Å². The van der Waals surface area contributed by atoms with E-state index in [2.05, 4.69) is 36.0 Å². The van der Waals surface area contributed by atoms with Crippen LogP contribution in [0.25, 0.3) is 5.78 Å². The number of fused-ring (bicyclic) bond motifs is 1. The Hall–Kier alpha value is -6.18. The number of aromatic nitrogens is 7. The number of rotatable bonds is 28. The summed E-state index contributed by atoms with van der Waals surface area (Å²) >= 11 is 0. The minimum atomic E-state index is 0.518. The van der Waals surface area contributed by atoms with Crippen LogP contribution in [0.15, 0.2) is 98.2 Å². The van der Waals surface area contributed by atoms with Gasteiger partial charge in [-0.15, -0.1) is 0 Å². The zero-order chi connectivity index (χ0) is 50.7. The van der Waals surface area contributed by atoms with Gasteiger partial charge in [0.25, 0.3) is 5.88 Å². The molecule has 18 heteroatoms. The lowest BCUT2D eigenvalue weighted by Crippen LogP contribution is -2.03. The van der Waals surface area contributed by atoms with Crippen molar-refractivity contribution in [2.75, 3.05) is 110 Å². The second-order valence-corrected chi connectivity index (χ2v) is 14.8. The smallest absolute Gasteiger partial charge is 0.256 e. The molecular formula is C52H77N7O11. The maximum absolute atomic E-state index is 5.49.